The van der Waals surface area contributed by atoms with Crippen molar-refractivity contribution in [3.05, 3.63) is 35.6 Å². The molecule has 0 amide bonds. The van der Waals surface area contributed by atoms with Crippen molar-refractivity contribution in [2.45, 2.75) is 6.42 Å². The Morgan fingerprint density at radius 3 is 2.50 bits per heavy atom. The van der Waals surface area contributed by atoms with Crippen molar-refractivity contribution >= 4 is 29.2 Å². The van der Waals surface area contributed by atoms with Crippen molar-refractivity contribution in [2.24, 2.45) is 0 Å². The highest BCUT2D eigenvalue weighted by Crippen LogP contribution is 2.13. The molecule has 0 N–H and O–H groups in total. The average Bonchev–Trinajstić information content (AvgIpc) is 1.84. The molecule has 0 aromatic rings. The molecule has 0 saturated heterocycles. The largest absolute Gasteiger partial charge is 0.435 e. The van der Waals surface area contributed by atoms with Gasteiger partial charge in [0.15, 0.2) is 0 Å². The number of hydrogen-bond acceptors (Lipinski definition) is 2. The van der Waals surface area contributed by atoms with Gasteiger partial charge in [-0.3, -0.25) is 4.79 Å². The normalized spacial score (nSPS) is 10.7. The van der Waals surface area contributed by atoms with Gasteiger partial charge in [0.2, 0.25) is 0 Å². The Bertz CT molecular complexity index is 231. The average molecular weight is 207 g/mol. The molecule has 0 rings (SSSR count). The summed E-state index contributed by atoms with van der Waals surface area (Å²) in [7, 11) is 0. The maximum atomic E-state index is 10.7. The fourth-order valence-corrected chi connectivity index (χ4v) is 0.922. The number of hydrogen-bond donors (Lipinski definition) is 0. The molecule has 0 heterocycles. The van der Waals surface area contributed by atoms with Crippen LogP contribution in [0.1, 0.15) is 6.42 Å². The Morgan fingerprint density at radius 2 is 2.08 bits per heavy atom. The van der Waals surface area contributed by atoms with Gasteiger partial charge in [0.05, 0.1) is 12.7 Å². The lowest BCUT2D eigenvalue weighted by atomic mass is 10.3. The fraction of sp³-hybridized carbons (Fsp3) is 0.125. The maximum absolute atomic E-state index is 10.7. The Kier molecular flexibility index (Phi) is 5.51. The molecule has 4 heteroatoms. The van der Waals surface area contributed by atoms with Crippen molar-refractivity contribution < 1.29 is 9.53 Å². The lowest BCUT2D eigenvalue weighted by Gasteiger charge is -1.96. The first-order valence-electron chi connectivity index (χ1n) is 3.07. The summed E-state index contributed by atoms with van der Waals surface area (Å²) >= 11 is 11.0. The van der Waals surface area contributed by atoms with Gasteiger partial charge in [-0.15, -0.1) is 0 Å². The van der Waals surface area contributed by atoms with Crippen molar-refractivity contribution in [2.75, 3.05) is 0 Å². The highest BCUT2D eigenvalue weighted by atomic mass is 35.5. The third kappa shape index (κ3) is 6.01. The van der Waals surface area contributed by atoms with Gasteiger partial charge in [0, 0.05) is 10.1 Å². The first-order chi connectivity index (χ1) is 5.56. The van der Waals surface area contributed by atoms with Crippen LogP contribution in [0, 0.1) is 0 Å². The van der Waals surface area contributed by atoms with Gasteiger partial charge >= 0.3 is 5.97 Å². The van der Waals surface area contributed by atoms with E-state index in [0.717, 1.165) is 6.26 Å². The van der Waals surface area contributed by atoms with E-state index >= 15 is 0 Å². The quantitative estimate of drug-likeness (QED) is 0.402. The molecule has 0 radical (unpaired) electrons. The minimum Gasteiger partial charge on any atom is -0.435 e. The van der Waals surface area contributed by atoms with Crippen LogP contribution in [0.3, 0.4) is 0 Å². The summed E-state index contributed by atoms with van der Waals surface area (Å²) in [5, 5.41) is 0.549. The summed E-state index contributed by atoms with van der Waals surface area (Å²) < 4.78 is 4.42. The zero-order valence-corrected chi connectivity index (χ0v) is 7.86. The van der Waals surface area contributed by atoms with Gasteiger partial charge in [-0.2, -0.15) is 0 Å². The van der Waals surface area contributed by atoms with E-state index in [2.05, 4.69) is 17.9 Å². The molecule has 0 spiro atoms. The van der Waals surface area contributed by atoms with Crippen molar-refractivity contribution in [1.82, 2.24) is 0 Å². The van der Waals surface area contributed by atoms with Gasteiger partial charge in [0.1, 0.15) is 0 Å². The first-order valence-corrected chi connectivity index (χ1v) is 3.82. The lowest BCUT2D eigenvalue weighted by molar-refractivity contribution is -0.137. The molecule has 0 aliphatic rings. The minimum absolute atomic E-state index is 0.0285. The molecule has 0 aromatic carbocycles. The van der Waals surface area contributed by atoms with Crippen LogP contribution in [-0.4, -0.2) is 5.97 Å². The van der Waals surface area contributed by atoms with Crippen LogP contribution < -0.4 is 0 Å². The smallest absolute Gasteiger partial charge is 0.315 e. The highest BCUT2D eigenvalue weighted by molar-refractivity contribution is 6.34. The second-order valence-corrected chi connectivity index (χ2v) is 2.84. The molecule has 0 unspecified atom stereocenters. The van der Waals surface area contributed by atoms with Crippen molar-refractivity contribution in [3.8, 4) is 0 Å². The number of carbonyl (C=O) groups excluding carboxylic acids is 1. The van der Waals surface area contributed by atoms with Gasteiger partial charge in [-0.1, -0.05) is 36.4 Å². The zero-order valence-electron chi connectivity index (χ0n) is 6.35. The molecule has 0 atom stereocenters. The molecule has 0 aromatic heterocycles. The number of carbonyl (C=O) groups is 1. The molecule has 66 valence electrons. The molecular formula is C8H8Cl2O2. The predicted octanol–water partition coefficient (Wildman–Crippen LogP) is 2.94. The number of esters is 1. The van der Waals surface area contributed by atoms with Gasteiger partial charge < -0.3 is 4.74 Å². The van der Waals surface area contributed by atoms with Gasteiger partial charge in [0.25, 0.3) is 0 Å². The summed E-state index contributed by atoms with van der Waals surface area (Å²) in [4.78, 5) is 10.7. The summed E-state index contributed by atoms with van der Waals surface area (Å²) in [5.74, 6) is -0.482. The van der Waals surface area contributed by atoms with Crippen LogP contribution in [-0.2, 0) is 9.53 Å². The Hall–Kier alpha value is -0.730. The number of ether oxygens (including phenoxy) is 1. The molecule has 0 bridgehead atoms. The summed E-state index contributed by atoms with van der Waals surface area (Å²) in [6.45, 7) is 6.60. The van der Waals surface area contributed by atoms with Crippen molar-refractivity contribution in [1.29, 1.82) is 0 Å². The molecule has 0 aliphatic heterocycles. The number of rotatable bonds is 4. The van der Waals surface area contributed by atoms with E-state index in [-0.39, 0.29) is 16.5 Å². The highest BCUT2D eigenvalue weighted by Gasteiger charge is 2.03. The summed E-state index contributed by atoms with van der Waals surface area (Å²) in [6, 6.07) is 0. The van der Waals surface area contributed by atoms with Crippen LogP contribution >= 0.6 is 23.2 Å². The fourth-order valence-electron chi connectivity index (χ4n) is 0.493. The van der Waals surface area contributed by atoms with Crippen LogP contribution in [0.2, 0.25) is 0 Å². The third-order valence-electron chi connectivity index (χ3n) is 0.841. The molecule has 0 aliphatic carbocycles. The van der Waals surface area contributed by atoms with E-state index in [1.807, 2.05) is 0 Å². The van der Waals surface area contributed by atoms with E-state index in [9.17, 15) is 4.79 Å². The topological polar surface area (TPSA) is 26.3 Å². The van der Waals surface area contributed by atoms with Crippen LogP contribution in [0.4, 0.5) is 0 Å². The molecule has 12 heavy (non-hydrogen) atoms. The maximum Gasteiger partial charge on any atom is 0.315 e. The van der Waals surface area contributed by atoms with Crippen molar-refractivity contribution in [3.63, 3.8) is 0 Å². The molecule has 0 fully saturated rings. The number of halogens is 2. The van der Waals surface area contributed by atoms with Crippen LogP contribution in [0.5, 0.6) is 0 Å². The van der Waals surface area contributed by atoms with Crippen LogP contribution in [0.25, 0.3) is 0 Å². The molecule has 2 nitrogen and oxygen atoms in total. The summed E-state index contributed by atoms with van der Waals surface area (Å²) in [5.41, 5.74) is 0. The van der Waals surface area contributed by atoms with E-state index in [4.69, 9.17) is 23.2 Å². The lowest BCUT2D eigenvalue weighted by Crippen LogP contribution is -1.98. The summed E-state index contributed by atoms with van der Waals surface area (Å²) in [6.07, 6.45) is 2.40. The van der Waals surface area contributed by atoms with Gasteiger partial charge in [-0.25, -0.2) is 0 Å². The third-order valence-corrected chi connectivity index (χ3v) is 1.19. The number of allylic oxidation sites excluding steroid dienone is 2. The monoisotopic (exact) mass is 206 g/mol. The molecular weight excluding hydrogens is 199 g/mol. The predicted molar refractivity (Wildman–Crippen MR) is 49.8 cm³/mol. The molecule has 0 saturated carbocycles. The van der Waals surface area contributed by atoms with Gasteiger partial charge in [-0.05, 0) is 6.08 Å². The van der Waals surface area contributed by atoms with E-state index in [0.29, 0.717) is 0 Å². The van der Waals surface area contributed by atoms with E-state index in [1.54, 1.807) is 0 Å². The Balaban J connectivity index is 3.99. The van der Waals surface area contributed by atoms with E-state index < -0.39 is 5.97 Å². The first kappa shape index (κ1) is 11.3. The standard InChI is InChI=1S/C8H8Cl2O2/c1-3-12-8(11)5-7(10)4-6(2)9/h3-4H,1-2,5H2. The van der Waals surface area contributed by atoms with Crippen LogP contribution in [0.15, 0.2) is 35.6 Å². The second-order valence-electron chi connectivity index (χ2n) is 1.87. The zero-order chi connectivity index (χ0) is 9.56. The Morgan fingerprint density at radius 1 is 1.50 bits per heavy atom. The Labute approximate surface area is 81.1 Å². The van der Waals surface area contributed by atoms with E-state index in [1.165, 1.54) is 6.08 Å². The minimum atomic E-state index is -0.482. The second kappa shape index (κ2) is 5.86. The SMILES string of the molecule is C=COC(=O)CC(Cl)=CC(=C)Cl.